The number of rotatable bonds is 7. The molecule has 0 aliphatic heterocycles. The van der Waals surface area contributed by atoms with Gasteiger partial charge in [0.05, 0.1) is 37.0 Å². The maximum atomic E-state index is 12.5. The van der Waals surface area contributed by atoms with Crippen LogP contribution in [0.5, 0.6) is 11.5 Å². The number of nitrogens with zero attached hydrogens (tertiary/aromatic N) is 1. The van der Waals surface area contributed by atoms with Crippen LogP contribution in [-0.4, -0.2) is 24.6 Å². The van der Waals surface area contributed by atoms with E-state index < -0.39 is 0 Å². The highest BCUT2D eigenvalue weighted by molar-refractivity contribution is 6.31. The first-order chi connectivity index (χ1) is 13.6. The van der Waals surface area contributed by atoms with Gasteiger partial charge in [-0.15, -0.1) is 0 Å². The molecule has 0 aliphatic carbocycles. The second-order valence-corrected chi connectivity index (χ2v) is 6.22. The summed E-state index contributed by atoms with van der Waals surface area (Å²) in [5, 5.41) is 6.50. The van der Waals surface area contributed by atoms with E-state index in [9.17, 15) is 4.79 Å². The zero-order valence-corrected chi connectivity index (χ0v) is 16.3. The van der Waals surface area contributed by atoms with Gasteiger partial charge < -0.3 is 20.1 Å². The van der Waals surface area contributed by atoms with Gasteiger partial charge in [-0.3, -0.25) is 4.79 Å². The number of benzene rings is 2. The van der Waals surface area contributed by atoms with Crippen molar-refractivity contribution in [1.29, 1.82) is 0 Å². The van der Waals surface area contributed by atoms with E-state index in [0.29, 0.717) is 23.1 Å². The van der Waals surface area contributed by atoms with E-state index in [1.165, 1.54) is 7.11 Å². The lowest BCUT2D eigenvalue weighted by molar-refractivity contribution is 0.102. The van der Waals surface area contributed by atoms with Crippen LogP contribution < -0.4 is 20.1 Å². The van der Waals surface area contributed by atoms with Crippen molar-refractivity contribution in [3.8, 4) is 11.5 Å². The minimum absolute atomic E-state index is 0.269. The molecule has 2 N–H and O–H groups in total. The van der Waals surface area contributed by atoms with Gasteiger partial charge in [0.2, 0.25) is 0 Å². The van der Waals surface area contributed by atoms with Gasteiger partial charge in [-0.1, -0.05) is 23.7 Å². The summed E-state index contributed by atoms with van der Waals surface area (Å²) in [6.45, 7) is 2.50. The van der Waals surface area contributed by atoms with E-state index >= 15 is 0 Å². The number of amides is 1. The zero-order valence-electron chi connectivity index (χ0n) is 15.5. The molecule has 0 bridgehead atoms. The quantitative estimate of drug-likeness (QED) is 0.577. The average molecular weight is 398 g/mol. The Morgan fingerprint density at radius 2 is 1.89 bits per heavy atom. The lowest BCUT2D eigenvalue weighted by Crippen LogP contribution is -2.14. The number of pyridine rings is 1. The molecule has 1 amide bonds. The Balaban J connectivity index is 1.72. The third kappa shape index (κ3) is 4.72. The van der Waals surface area contributed by atoms with E-state index in [4.69, 9.17) is 21.1 Å². The van der Waals surface area contributed by atoms with Crippen molar-refractivity contribution >= 4 is 34.6 Å². The molecule has 0 atom stereocenters. The Morgan fingerprint density at radius 1 is 1.07 bits per heavy atom. The van der Waals surface area contributed by atoms with E-state index in [2.05, 4.69) is 15.6 Å². The summed E-state index contributed by atoms with van der Waals surface area (Å²) >= 11 is 6.00. The molecule has 3 rings (SSSR count). The standard InChI is InChI=1S/C21H20ClN3O3/c1-3-28-20-7-5-4-6-16(20)24-15-9-10-17(23-13-15)21(26)25-18-12-14(22)8-11-19(18)27-2/h4-13,24H,3H2,1-2H3,(H,25,26). The lowest BCUT2D eigenvalue weighted by Gasteiger charge is -2.13. The molecule has 0 spiro atoms. The predicted octanol–water partition coefficient (Wildman–Crippen LogP) is 5.14. The highest BCUT2D eigenvalue weighted by Gasteiger charge is 2.12. The van der Waals surface area contributed by atoms with Gasteiger partial charge in [0.15, 0.2) is 0 Å². The highest BCUT2D eigenvalue weighted by atomic mass is 35.5. The van der Waals surface area contributed by atoms with Crippen LogP contribution in [0.4, 0.5) is 17.1 Å². The minimum Gasteiger partial charge on any atom is -0.495 e. The maximum Gasteiger partial charge on any atom is 0.274 e. The highest BCUT2D eigenvalue weighted by Crippen LogP contribution is 2.29. The van der Waals surface area contributed by atoms with Crippen LogP contribution in [0.1, 0.15) is 17.4 Å². The summed E-state index contributed by atoms with van der Waals surface area (Å²) in [4.78, 5) is 16.7. The Morgan fingerprint density at radius 3 is 2.61 bits per heavy atom. The first-order valence-corrected chi connectivity index (χ1v) is 9.08. The molecule has 3 aromatic rings. The second kappa shape index (κ2) is 9.10. The molecule has 28 heavy (non-hydrogen) atoms. The average Bonchev–Trinajstić information content (AvgIpc) is 2.70. The summed E-state index contributed by atoms with van der Waals surface area (Å²) in [5.41, 5.74) is 2.32. The van der Waals surface area contributed by atoms with Crippen molar-refractivity contribution in [2.24, 2.45) is 0 Å². The largest absolute Gasteiger partial charge is 0.495 e. The molecule has 7 heteroatoms. The van der Waals surface area contributed by atoms with Crippen LogP contribution in [-0.2, 0) is 0 Å². The number of methoxy groups -OCH3 is 1. The Kier molecular flexibility index (Phi) is 6.34. The number of aromatic nitrogens is 1. The third-order valence-corrected chi connectivity index (χ3v) is 4.11. The summed E-state index contributed by atoms with van der Waals surface area (Å²) in [6, 6.07) is 16.0. The van der Waals surface area contributed by atoms with Crippen LogP contribution in [0.2, 0.25) is 5.02 Å². The van der Waals surface area contributed by atoms with Crippen molar-refractivity contribution in [1.82, 2.24) is 4.98 Å². The van der Waals surface area contributed by atoms with E-state index in [0.717, 1.165) is 17.1 Å². The number of carbonyl (C=O) groups is 1. The summed E-state index contributed by atoms with van der Waals surface area (Å²) in [5.74, 6) is 0.908. The Labute approximate surface area is 168 Å². The zero-order chi connectivity index (χ0) is 19.9. The number of hydrogen-bond acceptors (Lipinski definition) is 5. The van der Waals surface area contributed by atoms with Gasteiger partial charge >= 0.3 is 0 Å². The number of anilines is 3. The van der Waals surface area contributed by atoms with Gasteiger partial charge in [0.1, 0.15) is 17.2 Å². The first kappa shape index (κ1) is 19.5. The molecule has 144 valence electrons. The number of para-hydroxylation sites is 2. The smallest absolute Gasteiger partial charge is 0.274 e. The Hall–Kier alpha value is -3.25. The van der Waals surface area contributed by atoms with Crippen molar-refractivity contribution in [2.45, 2.75) is 6.92 Å². The van der Waals surface area contributed by atoms with Crippen LogP contribution in [0, 0.1) is 0 Å². The van der Waals surface area contributed by atoms with Crippen molar-refractivity contribution in [3.05, 3.63) is 71.5 Å². The third-order valence-electron chi connectivity index (χ3n) is 3.87. The van der Waals surface area contributed by atoms with Gasteiger partial charge in [0.25, 0.3) is 5.91 Å². The molecule has 0 saturated heterocycles. The van der Waals surface area contributed by atoms with Gasteiger partial charge in [-0.2, -0.15) is 0 Å². The molecule has 0 fully saturated rings. The molecule has 0 saturated carbocycles. The summed E-state index contributed by atoms with van der Waals surface area (Å²) in [7, 11) is 1.53. The fourth-order valence-electron chi connectivity index (χ4n) is 2.57. The number of hydrogen-bond donors (Lipinski definition) is 2. The number of carbonyl (C=O) groups excluding carboxylic acids is 1. The van der Waals surface area contributed by atoms with Gasteiger partial charge in [-0.25, -0.2) is 4.98 Å². The fourth-order valence-corrected chi connectivity index (χ4v) is 2.75. The topological polar surface area (TPSA) is 72.5 Å². The van der Waals surface area contributed by atoms with Crippen molar-refractivity contribution in [2.75, 3.05) is 24.4 Å². The van der Waals surface area contributed by atoms with E-state index in [1.54, 1.807) is 36.5 Å². The van der Waals surface area contributed by atoms with E-state index in [-0.39, 0.29) is 11.6 Å². The number of halogens is 1. The molecule has 0 unspecified atom stereocenters. The van der Waals surface area contributed by atoms with Gasteiger partial charge in [0, 0.05) is 5.02 Å². The predicted molar refractivity (Wildman–Crippen MR) is 111 cm³/mol. The SMILES string of the molecule is CCOc1ccccc1Nc1ccc(C(=O)Nc2cc(Cl)ccc2OC)nc1. The first-order valence-electron chi connectivity index (χ1n) is 8.70. The maximum absolute atomic E-state index is 12.5. The normalized spacial score (nSPS) is 10.2. The number of ether oxygens (including phenoxy) is 2. The Bertz CT molecular complexity index is 961. The van der Waals surface area contributed by atoms with Crippen molar-refractivity contribution < 1.29 is 14.3 Å². The summed E-state index contributed by atoms with van der Waals surface area (Å²) < 4.78 is 10.8. The number of nitrogens with one attached hydrogen (secondary N) is 2. The van der Waals surface area contributed by atoms with Crippen LogP contribution in [0.3, 0.4) is 0 Å². The van der Waals surface area contributed by atoms with E-state index in [1.807, 2.05) is 31.2 Å². The lowest BCUT2D eigenvalue weighted by atomic mass is 10.2. The van der Waals surface area contributed by atoms with Crippen LogP contribution in [0.15, 0.2) is 60.8 Å². The van der Waals surface area contributed by atoms with Crippen LogP contribution in [0.25, 0.3) is 0 Å². The van der Waals surface area contributed by atoms with Crippen molar-refractivity contribution in [3.63, 3.8) is 0 Å². The molecule has 6 nitrogen and oxygen atoms in total. The van der Waals surface area contributed by atoms with Crippen LogP contribution >= 0.6 is 11.6 Å². The second-order valence-electron chi connectivity index (χ2n) is 5.79. The molecule has 0 radical (unpaired) electrons. The monoisotopic (exact) mass is 397 g/mol. The molecule has 1 heterocycles. The molecule has 2 aromatic carbocycles. The molecular weight excluding hydrogens is 378 g/mol. The molecule has 1 aromatic heterocycles. The molecule has 0 aliphatic rings. The fraction of sp³-hybridized carbons (Fsp3) is 0.143. The van der Waals surface area contributed by atoms with Gasteiger partial charge in [-0.05, 0) is 49.4 Å². The minimum atomic E-state index is -0.359. The summed E-state index contributed by atoms with van der Waals surface area (Å²) in [6.07, 6.45) is 1.59. The molecular formula is C21H20ClN3O3.